The molecular formula is C14H16ClNO5S. The number of carbonyl (C=O) groups excluding carboxylic acids is 1. The van der Waals surface area contributed by atoms with Crippen molar-refractivity contribution in [2.24, 2.45) is 5.73 Å². The molecule has 120 valence electrons. The van der Waals surface area contributed by atoms with Gasteiger partial charge < -0.3 is 14.7 Å². The largest absolute Gasteiger partial charge is 0.460 e. The Morgan fingerprint density at radius 2 is 2.05 bits per heavy atom. The maximum atomic E-state index is 12.4. The highest BCUT2D eigenvalue weighted by atomic mass is 35.5. The fourth-order valence-corrected chi connectivity index (χ4v) is 3.04. The van der Waals surface area contributed by atoms with E-state index in [1.165, 1.54) is 24.3 Å². The predicted octanol–water partition coefficient (Wildman–Crippen LogP) is 2.25. The van der Waals surface area contributed by atoms with Crippen molar-refractivity contribution in [2.75, 3.05) is 5.75 Å². The molecule has 0 bridgehead atoms. The normalized spacial score (nSPS) is 22.5. The molecule has 6 nitrogen and oxygen atoms in total. The lowest BCUT2D eigenvalue weighted by atomic mass is 10.1. The van der Waals surface area contributed by atoms with Crippen LogP contribution >= 0.6 is 11.6 Å². The molecule has 1 atom stereocenters. The van der Waals surface area contributed by atoms with Crippen LogP contribution in [0.2, 0.25) is 5.02 Å². The molecule has 0 fully saturated rings. The van der Waals surface area contributed by atoms with Gasteiger partial charge in [-0.15, -0.1) is 0 Å². The van der Waals surface area contributed by atoms with Crippen LogP contribution in [0.15, 0.2) is 35.9 Å². The van der Waals surface area contributed by atoms with Crippen LogP contribution in [-0.4, -0.2) is 20.0 Å². The Morgan fingerprint density at radius 1 is 1.41 bits per heavy atom. The van der Waals surface area contributed by atoms with Crippen molar-refractivity contribution in [3.8, 4) is 0 Å². The Bertz CT molecular complexity index is 747. The Morgan fingerprint density at radius 3 is 2.64 bits per heavy atom. The number of halogens is 1. The SMILES string of the molecule is [2H][C@@]1(c2ccc(Cl)cc2)OC(N)=C(OS(=O)(=O)CCCC)C1=O. The maximum Gasteiger partial charge on any atom is 0.309 e. The van der Waals surface area contributed by atoms with Crippen LogP contribution in [0.4, 0.5) is 0 Å². The summed E-state index contributed by atoms with van der Waals surface area (Å²) in [6.07, 6.45) is -1.16. The van der Waals surface area contributed by atoms with Gasteiger partial charge in [-0.1, -0.05) is 37.1 Å². The van der Waals surface area contributed by atoms with Gasteiger partial charge in [0, 0.05) is 10.6 Å². The second kappa shape index (κ2) is 6.58. The number of benzene rings is 1. The number of Topliss-reactive ketones (excluding diaryl/α,β-unsaturated/α-hetero) is 1. The maximum absolute atomic E-state index is 12.4. The zero-order chi connectivity index (χ0) is 17.3. The summed E-state index contributed by atoms with van der Waals surface area (Å²) in [5.41, 5.74) is 5.72. The Labute approximate surface area is 135 Å². The minimum atomic E-state index is -3.98. The summed E-state index contributed by atoms with van der Waals surface area (Å²) in [5, 5.41) is 0.419. The van der Waals surface area contributed by atoms with Crippen LogP contribution in [0.1, 0.15) is 32.8 Å². The van der Waals surface area contributed by atoms with Crippen LogP contribution in [0.3, 0.4) is 0 Å². The number of nitrogens with two attached hydrogens (primary N) is 1. The Kier molecular flexibility index (Phi) is 4.54. The molecule has 0 radical (unpaired) electrons. The zero-order valence-electron chi connectivity index (χ0n) is 12.8. The smallest absolute Gasteiger partial charge is 0.309 e. The van der Waals surface area contributed by atoms with Gasteiger partial charge in [0.2, 0.25) is 17.4 Å². The zero-order valence-corrected chi connectivity index (χ0v) is 13.4. The van der Waals surface area contributed by atoms with Crippen LogP contribution in [0, 0.1) is 0 Å². The van der Waals surface area contributed by atoms with Gasteiger partial charge in [-0.3, -0.25) is 4.79 Å². The first kappa shape index (κ1) is 15.2. The van der Waals surface area contributed by atoms with Gasteiger partial charge in [0.05, 0.1) is 7.12 Å². The van der Waals surface area contributed by atoms with Crippen molar-refractivity contribution in [2.45, 2.75) is 25.8 Å². The molecule has 2 N–H and O–H groups in total. The highest BCUT2D eigenvalue weighted by Crippen LogP contribution is 2.32. The molecule has 22 heavy (non-hydrogen) atoms. The first-order chi connectivity index (χ1) is 10.7. The summed E-state index contributed by atoms with van der Waals surface area (Å²) in [6.45, 7) is 1.82. The summed E-state index contributed by atoms with van der Waals surface area (Å²) in [5.74, 6) is -2.41. The van der Waals surface area contributed by atoms with Crippen LogP contribution in [0.25, 0.3) is 0 Å². The van der Waals surface area contributed by atoms with Gasteiger partial charge in [-0.25, -0.2) is 0 Å². The molecule has 0 aliphatic carbocycles. The number of carbonyl (C=O) groups is 1. The number of rotatable bonds is 6. The number of unbranched alkanes of at least 4 members (excludes halogenated alkanes) is 1. The number of hydrogen-bond donors (Lipinski definition) is 1. The van der Waals surface area contributed by atoms with Gasteiger partial charge in [-0.2, -0.15) is 8.42 Å². The minimum absolute atomic E-state index is 0.166. The molecule has 0 unspecified atom stereocenters. The van der Waals surface area contributed by atoms with E-state index >= 15 is 0 Å². The lowest BCUT2D eigenvalue weighted by Gasteiger charge is -2.09. The fraction of sp³-hybridized carbons (Fsp3) is 0.357. The number of hydrogen-bond acceptors (Lipinski definition) is 6. The summed E-state index contributed by atoms with van der Waals surface area (Å²) in [7, 11) is -3.98. The Hall–Kier alpha value is -1.73. The molecule has 1 aliphatic rings. The van der Waals surface area contributed by atoms with Crippen molar-refractivity contribution < 1.29 is 23.5 Å². The summed E-state index contributed by atoms with van der Waals surface area (Å²) in [4.78, 5) is 12.4. The molecule has 1 heterocycles. The van der Waals surface area contributed by atoms with Crippen molar-refractivity contribution in [1.82, 2.24) is 0 Å². The summed E-state index contributed by atoms with van der Waals surface area (Å²) >= 11 is 5.77. The predicted molar refractivity (Wildman–Crippen MR) is 81.3 cm³/mol. The minimum Gasteiger partial charge on any atom is -0.460 e. The highest BCUT2D eigenvalue weighted by molar-refractivity contribution is 7.86. The third-order valence-electron chi connectivity index (χ3n) is 2.91. The fourth-order valence-electron chi connectivity index (χ4n) is 1.78. The van der Waals surface area contributed by atoms with Gasteiger partial charge in [-0.05, 0) is 18.6 Å². The van der Waals surface area contributed by atoms with Gasteiger partial charge in [0.1, 0.15) is 0 Å². The van der Waals surface area contributed by atoms with Crippen molar-refractivity contribution in [3.63, 3.8) is 0 Å². The average Bonchev–Trinajstić information content (AvgIpc) is 2.70. The van der Waals surface area contributed by atoms with Crippen molar-refractivity contribution >= 4 is 27.5 Å². The topological polar surface area (TPSA) is 95.7 Å². The number of ether oxygens (including phenoxy) is 1. The van der Waals surface area contributed by atoms with Gasteiger partial charge >= 0.3 is 10.1 Å². The molecule has 0 aromatic heterocycles. The molecule has 1 aromatic carbocycles. The van der Waals surface area contributed by atoms with E-state index < -0.39 is 33.6 Å². The van der Waals surface area contributed by atoms with Crippen LogP contribution < -0.4 is 5.73 Å². The molecule has 0 saturated carbocycles. The third kappa shape index (κ3) is 3.72. The van der Waals surface area contributed by atoms with E-state index in [0.717, 1.165) is 0 Å². The monoisotopic (exact) mass is 346 g/mol. The standard InChI is InChI=1S/C14H16ClNO5S/c1-2-3-8-22(18,19)21-13-11(17)12(20-14(13)16)9-4-6-10(15)7-5-9/h4-7,12H,2-3,8,16H2,1H3/t12-/m0/s1/i12D. The molecule has 1 aromatic rings. The lowest BCUT2D eigenvalue weighted by Crippen LogP contribution is -2.17. The number of ketones is 1. The molecule has 0 spiro atoms. The molecule has 0 saturated heterocycles. The van der Waals surface area contributed by atoms with E-state index in [2.05, 4.69) is 0 Å². The van der Waals surface area contributed by atoms with Crippen molar-refractivity contribution in [1.29, 1.82) is 0 Å². The molecule has 2 rings (SSSR count). The summed E-state index contributed by atoms with van der Waals surface area (Å²) in [6, 6.07) is 5.82. The van der Waals surface area contributed by atoms with Crippen LogP contribution in [0.5, 0.6) is 0 Å². The first-order valence-electron chi connectivity index (χ1n) is 7.11. The second-order valence-electron chi connectivity index (χ2n) is 4.66. The van der Waals surface area contributed by atoms with E-state index in [1.807, 2.05) is 6.92 Å². The van der Waals surface area contributed by atoms with E-state index in [-0.39, 0.29) is 11.3 Å². The lowest BCUT2D eigenvalue weighted by molar-refractivity contribution is -0.123. The summed E-state index contributed by atoms with van der Waals surface area (Å²) < 4.78 is 41.7. The average molecular weight is 347 g/mol. The van der Waals surface area contributed by atoms with Crippen molar-refractivity contribution in [3.05, 3.63) is 46.5 Å². The van der Waals surface area contributed by atoms with E-state index in [4.69, 9.17) is 27.6 Å². The first-order valence-corrected chi connectivity index (χ1v) is 8.57. The molecule has 8 heteroatoms. The van der Waals surface area contributed by atoms with Gasteiger partial charge in [0.25, 0.3) is 0 Å². The second-order valence-corrected chi connectivity index (χ2v) is 6.79. The van der Waals surface area contributed by atoms with E-state index in [0.29, 0.717) is 17.9 Å². The quantitative estimate of drug-likeness (QED) is 0.794. The van der Waals surface area contributed by atoms with E-state index in [1.54, 1.807) is 0 Å². The molecular weight excluding hydrogens is 330 g/mol. The van der Waals surface area contributed by atoms with E-state index in [9.17, 15) is 13.2 Å². The molecule has 1 aliphatic heterocycles. The van der Waals surface area contributed by atoms with Gasteiger partial charge in [0.15, 0.2) is 6.08 Å². The third-order valence-corrected chi connectivity index (χ3v) is 4.37. The molecule has 0 amide bonds. The highest BCUT2D eigenvalue weighted by Gasteiger charge is 2.39. The van der Waals surface area contributed by atoms with Crippen LogP contribution in [-0.2, 0) is 23.8 Å². The Balaban J connectivity index is 2.26.